The summed E-state index contributed by atoms with van der Waals surface area (Å²) in [7, 11) is 0. The molecule has 2 aromatic rings. The van der Waals surface area contributed by atoms with Crippen molar-refractivity contribution in [2.75, 3.05) is 11.9 Å². The average Bonchev–Trinajstić information content (AvgIpc) is 3.15. The number of carbonyl (C=O) groups excluding carboxylic acids is 2. The van der Waals surface area contributed by atoms with E-state index in [1.54, 1.807) is 6.92 Å². The molecule has 0 fully saturated rings. The summed E-state index contributed by atoms with van der Waals surface area (Å²) in [6.45, 7) is 6.42. The van der Waals surface area contributed by atoms with Crippen LogP contribution in [0.3, 0.4) is 0 Å². The number of benzene rings is 1. The molecule has 26 heavy (non-hydrogen) atoms. The zero-order chi connectivity index (χ0) is 18.7. The van der Waals surface area contributed by atoms with Crippen molar-refractivity contribution in [1.82, 2.24) is 0 Å². The smallest absolute Gasteiger partial charge is 0.341 e. The molecule has 1 aliphatic rings. The zero-order valence-corrected chi connectivity index (χ0v) is 16.4. The number of amides is 1. The van der Waals surface area contributed by atoms with E-state index in [1.807, 2.05) is 12.1 Å². The molecular weight excluding hydrogens is 346 g/mol. The van der Waals surface area contributed by atoms with Crippen molar-refractivity contribution in [1.29, 1.82) is 0 Å². The van der Waals surface area contributed by atoms with Crippen molar-refractivity contribution < 1.29 is 14.3 Å². The summed E-state index contributed by atoms with van der Waals surface area (Å²) in [6, 6.07) is 8.12. The highest BCUT2D eigenvalue weighted by Crippen LogP contribution is 2.39. The van der Waals surface area contributed by atoms with Gasteiger partial charge in [0.1, 0.15) is 5.00 Å². The van der Waals surface area contributed by atoms with Gasteiger partial charge in [0, 0.05) is 4.88 Å². The molecule has 0 atom stereocenters. The number of esters is 1. The number of carbonyl (C=O) groups is 2. The topological polar surface area (TPSA) is 55.4 Å². The van der Waals surface area contributed by atoms with E-state index in [1.165, 1.54) is 21.8 Å². The van der Waals surface area contributed by atoms with Crippen LogP contribution in [0.2, 0.25) is 0 Å². The average molecular weight is 372 g/mol. The van der Waals surface area contributed by atoms with E-state index in [9.17, 15) is 9.59 Å². The lowest BCUT2D eigenvalue weighted by Crippen LogP contribution is -2.17. The lowest BCUT2D eigenvalue weighted by Gasteiger charge is -2.09. The van der Waals surface area contributed by atoms with Gasteiger partial charge in [-0.2, -0.15) is 0 Å². The summed E-state index contributed by atoms with van der Waals surface area (Å²) >= 11 is 1.52. The standard InChI is InChI=1S/C21H25NO3S/c1-4-25-21(24)19-16-6-5-7-17(16)26-20(19)22-18(23)12-14-8-10-15(11-9-14)13(2)3/h8-11,13H,4-7,12H2,1-3H3,(H,22,23). The molecule has 1 amide bonds. The van der Waals surface area contributed by atoms with E-state index < -0.39 is 0 Å². The molecule has 138 valence electrons. The van der Waals surface area contributed by atoms with Crippen LogP contribution in [0.4, 0.5) is 5.00 Å². The maximum absolute atomic E-state index is 12.5. The molecule has 0 spiro atoms. The van der Waals surface area contributed by atoms with Crippen molar-refractivity contribution >= 4 is 28.2 Å². The molecule has 1 aromatic carbocycles. The summed E-state index contributed by atoms with van der Waals surface area (Å²) in [6.07, 6.45) is 3.21. The molecule has 0 saturated heterocycles. The molecule has 1 aliphatic carbocycles. The van der Waals surface area contributed by atoms with Gasteiger partial charge in [0.05, 0.1) is 18.6 Å². The fourth-order valence-corrected chi connectivity index (χ4v) is 4.58. The van der Waals surface area contributed by atoms with E-state index in [0.717, 1.165) is 30.4 Å². The number of aryl methyl sites for hydroxylation is 1. The first-order chi connectivity index (χ1) is 12.5. The van der Waals surface area contributed by atoms with Crippen molar-refractivity contribution in [3.05, 3.63) is 51.4 Å². The second-order valence-electron chi connectivity index (χ2n) is 6.90. The summed E-state index contributed by atoms with van der Waals surface area (Å²) < 4.78 is 5.20. The molecule has 1 heterocycles. The van der Waals surface area contributed by atoms with Gasteiger partial charge in [-0.1, -0.05) is 38.1 Å². The van der Waals surface area contributed by atoms with Crippen LogP contribution in [0.15, 0.2) is 24.3 Å². The van der Waals surface area contributed by atoms with Gasteiger partial charge in [0.15, 0.2) is 0 Å². The molecule has 5 heteroatoms. The van der Waals surface area contributed by atoms with Gasteiger partial charge in [0.25, 0.3) is 0 Å². The van der Waals surface area contributed by atoms with Crippen LogP contribution in [0.25, 0.3) is 0 Å². The Kier molecular flexibility index (Phi) is 5.77. The number of rotatable bonds is 6. The highest BCUT2D eigenvalue weighted by molar-refractivity contribution is 7.17. The molecule has 0 aliphatic heterocycles. The quantitative estimate of drug-likeness (QED) is 0.748. The summed E-state index contributed by atoms with van der Waals surface area (Å²) in [5.41, 5.74) is 3.85. The third-order valence-corrected chi connectivity index (χ3v) is 5.87. The molecule has 4 nitrogen and oxygen atoms in total. The lowest BCUT2D eigenvalue weighted by atomic mass is 10.0. The second kappa shape index (κ2) is 8.04. The van der Waals surface area contributed by atoms with Gasteiger partial charge in [0.2, 0.25) is 5.91 Å². The Morgan fingerprint density at radius 1 is 1.19 bits per heavy atom. The molecule has 0 bridgehead atoms. The number of ether oxygens (including phenoxy) is 1. The van der Waals surface area contributed by atoms with Crippen molar-refractivity contribution in [2.24, 2.45) is 0 Å². The van der Waals surface area contributed by atoms with Gasteiger partial charge in [-0.05, 0) is 48.8 Å². The minimum Gasteiger partial charge on any atom is -0.462 e. The van der Waals surface area contributed by atoms with Crippen LogP contribution in [0.5, 0.6) is 0 Å². The predicted molar refractivity (Wildman–Crippen MR) is 105 cm³/mol. The van der Waals surface area contributed by atoms with Crippen LogP contribution in [0.1, 0.15) is 65.0 Å². The van der Waals surface area contributed by atoms with Gasteiger partial charge < -0.3 is 10.1 Å². The van der Waals surface area contributed by atoms with E-state index in [0.29, 0.717) is 29.5 Å². The molecule has 1 N–H and O–H groups in total. The fourth-order valence-electron chi connectivity index (χ4n) is 3.29. The maximum Gasteiger partial charge on any atom is 0.341 e. The summed E-state index contributed by atoms with van der Waals surface area (Å²) in [4.78, 5) is 26.1. The Morgan fingerprint density at radius 3 is 2.58 bits per heavy atom. The number of thiophene rings is 1. The molecule has 0 unspecified atom stereocenters. The monoisotopic (exact) mass is 371 g/mol. The normalized spacial score (nSPS) is 12.9. The van der Waals surface area contributed by atoms with Crippen LogP contribution in [-0.2, 0) is 28.8 Å². The fraction of sp³-hybridized carbons (Fsp3) is 0.429. The Balaban J connectivity index is 1.74. The van der Waals surface area contributed by atoms with Gasteiger partial charge in [-0.3, -0.25) is 4.79 Å². The molecule has 0 radical (unpaired) electrons. The van der Waals surface area contributed by atoms with Gasteiger partial charge in [-0.25, -0.2) is 4.79 Å². The highest BCUT2D eigenvalue weighted by Gasteiger charge is 2.28. The van der Waals surface area contributed by atoms with E-state index in [-0.39, 0.29) is 11.9 Å². The second-order valence-corrected chi connectivity index (χ2v) is 8.01. The first-order valence-corrected chi connectivity index (χ1v) is 10.0. The van der Waals surface area contributed by atoms with Crippen LogP contribution < -0.4 is 5.32 Å². The zero-order valence-electron chi connectivity index (χ0n) is 15.6. The van der Waals surface area contributed by atoms with Crippen molar-refractivity contribution in [2.45, 2.75) is 52.4 Å². The third-order valence-electron chi connectivity index (χ3n) is 4.66. The number of anilines is 1. The largest absolute Gasteiger partial charge is 0.462 e. The van der Waals surface area contributed by atoms with E-state index in [4.69, 9.17) is 4.74 Å². The molecular formula is C21H25NO3S. The van der Waals surface area contributed by atoms with Gasteiger partial charge in [-0.15, -0.1) is 11.3 Å². The summed E-state index contributed by atoms with van der Waals surface area (Å²) in [5.74, 6) is 0.0368. The van der Waals surface area contributed by atoms with Crippen molar-refractivity contribution in [3.8, 4) is 0 Å². The first-order valence-electron chi connectivity index (χ1n) is 9.20. The Bertz CT molecular complexity index is 805. The SMILES string of the molecule is CCOC(=O)c1c(NC(=O)Cc2ccc(C(C)C)cc2)sc2c1CCC2. The molecule has 1 aromatic heterocycles. The third kappa shape index (κ3) is 3.98. The maximum atomic E-state index is 12.5. The highest BCUT2D eigenvalue weighted by atomic mass is 32.1. The van der Waals surface area contributed by atoms with E-state index >= 15 is 0 Å². The summed E-state index contributed by atoms with van der Waals surface area (Å²) in [5, 5.41) is 3.58. The molecule has 0 saturated carbocycles. The Labute approximate surface area is 158 Å². The van der Waals surface area contributed by atoms with Crippen LogP contribution in [0, 0.1) is 0 Å². The van der Waals surface area contributed by atoms with Crippen molar-refractivity contribution in [3.63, 3.8) is 0 Å². The van der Waals surface area contributed by atoms with E-state index in [2.05, 4.69) is 31.3 Å². The number of hydrogen-bond acceptors (Lipinski definition) is 4. The van der Waals surface area contributed by atoms with Crippen LogP contribution >= 0.6 is 11.3 Å². The lowest BCUT2D eigenvalue weighted by molar-refractivity contribution is -0.115. The van der Waals surface area contributed by atoms with Gasteiger partial charge >= 0.3 is 5.97 Å². The minimum absolute atomic E-state index is 0.104. The number of nitrogens with one attached hydrogen (secondary N) is 1. The minimum atomic E-state index is -0.330. The number of fused-ring (bicyclic) bond motifs is 1. The predicted octanol–water partition coefficient (Wildman–Crippen LogP) is 4.72. The Hall–Kier alpha value is -2.14. The number of hydrogen-bond donors (Lipinski definition) is 1. The first kappa shape index (κ1) is 18.6. The Morgan fingerprint density at radius 2 is 1.92 bits per heavy atom. The molecule has 3 rings (SSSR count). The van der Waals surface area contributed by atoms with Crippen LogP contribution in [-0.4, -0.2) is 18.5 Å².